The van der Waals surface area contributed by atoms with E-state index in [2.05, 4.69) is 19.9 Å². The van der Waals surface area contributed by atoms with Crippen LogP contribution in [0.5, 0.6) is 5.75 Å². The van der Waals surface area contributed by atoms with Crippen LogP contribution in [0, 0.1) is 6.92 Å². The summed E-state index contributed by atoms with van der Waals surface area (Å²) in [6, 6.07) is 9.94. The van der Waals surface area contributed by atoms with Crippen molar-refractivity contribution < 1.29 is 27.5 Å². The highest BCUT2D eigenvalue weighted by Gasteiger charge is 2.21. The number of ether oxygens (including phenoxy) is 2. The fourth-order valence-corrected chi connectivity index (χ4v) is 3.50. The molecule has 2 N–H and O–H groups in total. The van der Waals surface area contributed by atoms with E-state index in [1.165, 1.54) is 25.4 Å². The summed E-state index contributed by atoms with van der Waals surface area (Å²) in [5, 5.41) is 0. The van der Waals surface area contributed by atoms with Crippen molar-refractivity contribution in [3.63, 3.8) is 0 Å². The number of methoxy groups -OCH3 is 1. The number of carbonyl (C=O) groups excluding carboxylic acids is 1. The summed E-state index contributed by atoms with van der Waals surface area (Å²) >= 11 is 0. The first-order valence-electron chi connectivity index (χ1n) is 9.46. The molecule has 0 radical (unpaired) electrons. The average Bonchev–Trinajstić information content (AvgIpc) is 2.74. The largest absolute Gasteiger partial charge is 0.489 e. The van der Waals surface area contributed by atoms with Crippen LogP contribution in [0.25, 0.3) is 0 Å². The van der Waals surface area contributed by atoms with Gasteiger partial charge in [-0.05, 0) is 44.0 Å². The van der Waals surface area contributed by atoms with E-state index >= 15 is 0 Å². The van der Waals surface area contributed by atoms with Gasteiger partial charge in [-0.2, -0.15) is 10.2 Å². The number of rotatable bonds is 13. The van der Waals surface area contributed by atoms with Crippen molar-refractivity contribution >= 4 is 16.0 Å². The molecule has 1 aromatic carbocycles. The molecule has 1 heterocycles. The summed E-state index contributed by atoms with van der Waals surface area (Å²) in [5.41, 5.74) is 3.63. The molecule has 0 bridgehead atoms. The number of aromatic nitrogens is 1. The SMILES string of the molecule is COC(=O)CCCCONC(COc1cccnc1)NS(=O)(=O)c1ccc(C)cc1. The number of nitrogens with zero attached hydrogens (tertiary/aromatic N) is 1. The van der Waals surface area contributed by atoms with Crippen LogP contribution in [0.15, 0.2) is 53.7 Å². The second kappa shape index (κ2) is 12.2. The van der Waals surface area contributed by atoms with Crippen LogP contribution < -0.4 is 14.9 Å². The van der Waals surface area contributed by atoms with Gasteiger partial charge in [0.25, 0.3) is 0 Å². The van der Waals surface area contributed by atoms with Gasteiger partial charge in [-0.15, -0.1) is 0 Å². The van der Waals surface area contributed by atoms with Gasteiger partial charge in [0.2, 0.25) is 10.0 Å². The number of unbranched alkanes of at least 4 members (excludes halogenated alkanes) is 1. The first-order valence-corrected chi connectivity index (χ1v) is 10.9. The van der Waals surface area contributed by atoms with Crippen molar-refractivity contribution in [2.24, 2.45) is 0 Å². The summed E-state index contributed by atoms with van der Waals surface area (Å²) in [6.07, 6.45) is 3.79. The molecule has 1 unspecified atom stereocenters. The zero-order valence-electron chi connectivity index (χ0n) is 17.0. The first-order chi connectivity index (χ1) is 14.4. The molecule has 0 amide bonds. The smallest absolute Gasteiger partial charge is 0.305 e. The fraction of sp³-hybridized carbons (Fsp3) is 0.400. The van der Waals surface area contributed by atoms with Crippen molar-refractivity contribution in [2.75, 3.05) is 20.3 Å². The Morgan fingerprint density at radius 3 is 2.60 bits per heavy atom. The van der Waals surface area contributed by atoms with Crippen LogP contribution in [0.1, 0.15) is 24.8 Å². The van der Waals surface area contributed by atoms with Gasteiger partial charge in [0.15, 0.2) is 0 Å². The average molecular weight is 438 g/mol. The van der Waals surface area contributed by atoms with Gasteiger partial charge in [-0.3, -0.25) is 9.78 Å². The first kappa shape index (κ1) is 23.7. The minimum absolute atomic E-state index is 0.0288. The number of carbonyl (C=O) groups is 1. The number of esters is 1. The van der Waals surface area contributed by atoms with Gasteiger partial charge >= 0.3 is 5.97 Å². The molecule has 0 saturated carbocycles. The highest BCUT2D eigenvalue weighted by atomic mass is 32.2. The predicted octanol–water partition coefficient (Wildman–Crippen LogP) is 1.94. The zero-order chi connectivity index (χ0) is 21.8. The van der Waals surface area contributed by atoms with Gasteiger partial charge in [0, 0.05) is 12.6 Å². The van der Waals surface area contributed by atoms with Crippen LogP contribution in [-0.2, 0) is 24.4 Å². The third-order valence-corrected chi connectivity index (χ3v) is 5.50. The number of benzene rings is 1. The minimum atomic E-state index is -3.79. The number of pyridine rings is 1. The Hall–Kier alpha value is -2.53. The van der Waals surface area contributed by atoms with E-state index in [-0.39, 0.29) is 24.1 Å². The number of sulfonamides is 1. The lowest BCUT2D eigenvalue weighted by atomic mass is 10.2. The molecule has 164 valence electrons. The third kappa shape index (κ3) is 8.46. The van der Waals surface area contributed by atoms with Gasteiger partial charge in [-0.1, -0.05) is 17.7 Å². The third-order valence-electron chi connectivity index (χ3n) is 4.01. The van der Waals surface area contributed by atoms with E-state index in [9.17, 15) is 13.2 Å². The lowest BCUT2D eigenvalue weighted by molar-refractivity contribution is -0.140. The quantitative estimate of drug-likeness (QED) is 0.211. The summed E-state index contributed by atoms with van der Waals surface area (Å²) in [4.78, 5) is 20.6. The Labute approximate surface area is 176 Å². The van der Waals surface area contributed by atoms with Gasteiger partial charge in [-0.25, -0.2) is 8.42 Å². The Kier molecular flexibility index (Phi) is 9.68. The lowest BCUT2D eigenvalue weighted by Gasteiger charge is -2.20. The minimum Gasteiger partial charge on any atom is -0.489 e. The molecule has 10 heteroatoms. The normalized spacial score (nSPS) is 12.3. The highest BCUT2D eigenvalue weighted by Crippen LogP contribution is 2.11. The van der Waals surface area contributed by atoms with Crippen molar-refractivity contribution in [3.8, 4) is 5.75 Å². The number of hydrogen-bond acceptors (Lipinski definition) is 8. The number of hydroxylamine groups is 1. The Balaban J connectivity index is 1.92. The molecule has 0 aliphatic heterocycles. The van der Waals surface area contributed by atoms with Crippen LogP contribution in [-0.4, -0.2) is 45.9 Å². The van der Waals surface area contributed by atoms with Crippen LogP contribution in [0.4, 0.5) is 0 Å². The van der Waals surface area contributed by atoms with Crippen molar-refractivity contribution in [3.05, 3.63) is 54.4 Å². The second-order valence-corrected chi connectivity index (χ2v) is 8.20. The maximum atomic E-state index is 12.7. The molecule has 1 aromatic heterocycles. The summed E-state index contributed by atoms with van der Waals surface area (Å²) in [5.74, 6) is 0.216. The lowest BCUT2D eigenvalue weighted by Crippen LogP contribution is -2.49. The zero-order valence-corrected chi connectivity index (χ0v) is 17.9. The molecule has 2 rings (SSSR count). The summed E-state index contributed by atoms with van der Waals surface area (Å²) < 4.78 is 38.1. The maximum absolute atomic E-state index is 12.7. The molecular weight excluding hydrogens is 410 g/mol. The molecule has 2 aromatic rings. The molecule has 30 heavy (non-hydrogen) atoms. The Morgan fingerprint density at radius 1 is 1.17 bits per heavy atom. The summed E-state index contributed by atoms with van der Waals surface area (Å²) in [6.45, 7) is 2.13. The molecular formula is C20H27N3O6S. The van der Waals surface area contributed by atoms with Crippen LogP contribution >= 0.6 is 0 Å². The summed E-state index contributed by atoms with van der Waals surface area (Å²) in [7, 11) is -2.45. The number of aryl methyl sites for hydroxylation is 1. The topological polar surface area (TPSA) is 116 Å². The molecule has 0 aliphatic rings. The van der Waals surface area contributed by atoms with Crippen molar-refractivity contribution in [2.45, 2.75) is 37.2 Å². The maximum Gasteiger partial charge on any atom is 0.305 e. The van der Waals surface area contributed by atoms with Gasteiger partial charge in [0.05, 0.1) is 24.8 Å². The molecule has 0 saturated heterocycles. The Morgan fingerprint density at radius 2 is 1.93 bits per heavy atom. The standard InChI is InChI=1S/C20H27N3O6S/c1-16-8-10-18(11-9-16)30(25,26)23-19(15-28-17-6-5-12-21-14-17)22-29-13-4-3-7-20(24)27-2/h5-6,8-12,14,19,22-23H,3-4,7,13,15H2,1-2H3. The van der Waals surface area contributed by atoms with Gasteiger partial charge < -0.3 is 14.3 Å². The molecule has 0 fully saturated rings. The Bertz CT molecular complexity index is 875. The number of nitrogens with one attached hydrogen (secondary N) is 2. The van der Waals surface area contributed by atoms with Crippen molar-refractivity contribution in [1.29, 1.82) is 0 Å². The van der Waals surface area contributed by atoms with E-state index in [1.54, 1.807) is 30.5 Å². The fourth-order valence-electron chi connectivity index (χ4n) is 2.38. The monoisotopic (exact) mass is 437 g/mol. The van der Waals surface area contributed by atoms with E-state index < -0.39 is 16.2 Å². The number of hydrogen-bond donors (Lipinski definition) is 2. The van der Waals surface area contributed by atoms with E-state index in [1.807, 2.05) is 6.92 Å². The van der Waals surface area contributed by atoms with E-state index in [4.69, 9.17) is 9.57 Å². The van der Waals surface area contributed by atoms with Crippen molar-refractivity contribution in [1.82, 2.24) is 15.2 Å². The molecule has 0 aliphatic carbocycles. The molecule has 9 nitrogen and oxygen atoms in total. The second-order valence-electron chi connectivity index (χ2n) is 6.49. The van der Waals surface area contributed by atoms with Crippen LogP contribution in [0.2, 0.25) is 0 Å². The van der Waals surface area contributed by atoms with Gasteiger partial charge in [0.1, 0.15) is 18.5 Å². The predicted molar refractivity (Wildman–Crippen MR) is 110 cm³/mol. The van der Waals surface area contributed by atoms with E-state index in [0.717, 1.165) is 5.56 Å². The highest BCUT2D eigenvalue weighted by molar-refractivity contribution is 7.89. The van der Waals surface area contributed by atoms with E-state index in [0.29, 0.717) is 25.0 Å². The van der Waals surface area contributed by atoms with Crippen LogP contribution in [0.3, 0.4) is 0 Å². The molecule has 0 spiro atoms. The molecule has 1 atom stereocenters.